The Hall–Kier alpha value is -4.24. The van der Waals surface area contributed by atoms with E-state index in [9.17, 15) is 38.4 Å². The predicted octanol–water partition coefficient (Wildman–Crippen LogP) is 16.7. The SMILES string of the molecule is CCC(C)(C)C(=O)OCC(=O)OC1(C(C)C)C2CC3CC(C2)CC1C3.CCC(C)(C)C(=O)OCC(=O)OC1(C)C2CC3CC(C2)CC1C3.CCC(C)(C)C(=O)OCC(=O)OC1(CC)C2CC3CC(C2)CC1C3.CCCC1(OC(=O)COC(=O)C(C)(C)CC)C2CC3CC(C2)CC1C3. The van der Waals surface area contributed by atoms with E-state index in [0.717, 1.165) is 66.6 Å². The van der Waals surface area contributed by atoms with Crippen LogP contribution in [0.1, 0.15) is 291 Å². The molecule has 97 heavy (non-hydrogen) atoms. The highest BCUT2D eigenvalue weighted by Gasteiger charge is 2.63. The molecule has 16 saturated carbocycles. The lowest BCUT2D eigenvalue weighted by Gasteiger charge is -2.61. The van der Waals surface area contributed by atoms with Crippen LogP contribution in [0.25, 0.3) is 0 Å². The molecule has 16 heteroatoms. The van der Waals surface area contributed by atoms with Crippen LogP contribution in [0.4, 0.5) is 0 Å². The van der Waals surface area contributed by atoms with Crippen molar-refractivity contribution in [3.8, 4) is 0 Å². The van der Waals surface area contributed by atoms with E-state index in [1.54, 1.807) is 0 Å². The summed E-state index contributed by atoms with van der Waals surface area (Å²) in [7, 11) is 0. The molecule has 550 valence electrons. The highest BCUT2D eigenvalue weighted by Crippen LogP contribution is 2.65. The maximum absolute atomic E-state index is 12.6. The van der Waals surface area contributed by atoms with Gasteiger partial charge in [0.2, 0.25) is 0 Å². The monoisotopic (exact) mass is 1360 g/mol. The van der Waals surface area contributed by atoms with Crippen molar-refractivity contribution in [1.29, 1.82) is 0 Å². The van der Waals surface area contributed by atoms with Crippen molar-refractivity contribution in [2.24, 2.45) is 122 Å². The van der Waals surface area contributed by atoms with E-state index in [2.05, 4.69) is 34.6 Å². The van der Waals surface area contributed by atoms with Crippen LogP contribution in [0.3, 0.4) is 0 Å². The fourth-order valence-corrected chi connectivity index (χ4v) is 22.1. The van der Waals surface area contributed by atoms with Crippen LogP contribution in [-0.4, -0.2) is 96.6 Å². The number of carbonyl (C=O) groups excluding carboxylic acids is 8. The molecule has 0 aromatic rings. The second-order valence-corrected chi connectivity index (χ2v) is 36.6. The lowest BCUT2D eigenvalue weighted by molar-refractivity contribution is -0.228. The highest BCUT2D eigenvalue weighted by atomic mass is 16.6. The van der Waals surface area contributed by atoms with Gasteiger partial charge >= 0.3 is 47.8 Å². The van der Waals surface area contributed by atoms with Gasteiger partial charge in [0.25, 0.3) is 0 Å². The van der Waals surface area contributed by atoms with Crippen LogP contribution in [-0.2, 0) is 76.3 Å². The van der Waals surface area contributed by atoms with Crippen LogP contribution >= 0.6 is 0 Å². The molecule has 16 bridgehead atoms. The van der Waals surface area contributed by atoms with Crippen molar-refractivity contribution in [3.05, 3.63) is 0 Å². The van der Waals surface area contributed by atoms with Gasteiger partial charge in [0.1, 0.15) is 22.4 Å². The Morgan fingerprint density at radius 1 is 0.330 bits per heavy atom. The van der Waals surface area contributed by atoms with E-state index < -0.39 is 21.7 Å². The summed E-state index contributed by atoms with van der Waals surface area (Å²) < 4.78 is 45.2. The van der Waals surface area contributed by atoms with Crippen molar-refractivity contribution in [3.63, 3.8) is 0 Å². The van der Waals surface area contributed by atoms with Gasteiger partial charge < -0.3 is 37.9 Å². The average molecular weight is 1360 g/mol. The minimum Gasteiger partial charge on any atom is -0.456 e. The third-order valence-corrected chi connectivity index (χ3v) is 28.6. The molecular weight excluding hydrogens is 1230 g/mol. The highest BCUT2D eigenvalue weighted by molar-refractivity contribution is 5.82. The molecule has 16 nitrogen and oxygen atoms in total. The number of hydrogen-bond donors (Lipinski definition) is 0. The lowest BCUT2D eigenvalue weighted by atomic mass is 9.47. The minimum absolute atomic E-state index is 0.250. The molecule has 0 atom stereocenters. The molecule has 0 radical (unpaired) electrons. The van der Waals surface area contributed by atoms with Crippen molar-refractivity contribution in [1.82, 2.24) is 0 Å². The van der Waals surface area contributed by atoms with Crippen LogP contribution in [0.2, 0.25) is 0 Å². The molecule has 0 amide bonds. The van der Waals surface area contributed by atoms with Gasteiger partial charge in [-0.2, -0.15) is 0 Å². The van der Waals surface area contributed by atoms with Gasteiger partial charge in [-0.15, -0.1) is 0 Å². The van der Waals surface area contributed by atoms with Crippen molar-refractivity contribution in [2.75, 3.05) is 26.4 Å². The summed E-state index contributed by atoms with van der Waals surface area (Å²) >= 11 is 0. The van der Waals surface area contributed by atoms with E-state index in [0.29, 0.717) is 78.9 Å². The molecule has 16 aliphatic carbocycles. The normalized spacial score (nSPS) is 37.1. The summed E-state index contributed by atoms with van der Waals surface area (Å²) in [5, 5.41) is 0. The molecule has 0 saturated heterocycles. The van der Waals surface area contributed by atoms with E-state index in [-0.39, 0.29) is 96.6 Å². The predicted molar refractivity (Wildman–Crippen MR) is 369 cm³/mol. The summed E-state index contributed by atoms with van der Waals surface area (Å²) in [6, 6.07) is 0. The zero-order chi connectivity index (χ0) is 71.0. The van der Waals surface area contributed by atoms with E-state index in [4.69, 9.17) is 37.9 Å². The summed E-state index contributed by atoms with van der Waals surface area (Å²) in [5.41, 5.74) is -3.52. The van der Waals surface area contributed by atoms with E-state index in [1.807, 2.05) is 83.1 Å². The molecule has 0 aromatic heterocycles. The first-order valence-corrected chi connectivity index (χ1v) is 39.1. The van der Waals surface area contributed by atoms with Gasteiger partial charge in [-0.1, -0.05) is 61.8 Å². The maximum Gasteiger partial charge on any atom is 0.344 e. The first-order valence-electron chi connectivity index (χ1n) is 39.1. The fourth-order valence-electron chi connectivity index (χ4n) is 22.1. The molecule has 0 heterocycles. The van der Waals surface area contributed by atoms with Crippen LogP contribution < -0.4 is 0 Å². The number of rotatable bonds is 24. The Bertz CT molecular complexity index is 2690. The Kier molecular flexibility index (Phi) is 24.1. The zero-order valence-corrected chi connectivity index (χ0v) is 63.3. The molecule has 16 aliphatic rings. The third-order valence-electron chi connectivity index (χ3n) is 28.6. The minimum atomic E-state index is -0.557. The summed E-state index contributed by atoms with van der Waals surface area (Å²) in [6.45, 7) is 32.3. The second-order valence-electron chi connectivity index (χ2n) is 36.6. The van der Waals surface area contributed by atoms with E-state index >= 15 is 0 Å². The van der Waals surface area contributed by atoms with E-state index in [1.165, 1.54) is 128 Å². The zero-order valence-electron chi connectivity index (χ0n) is 63.3. The molecular formula is C81H130O16. The van der Waals surface area contributed by atoms with Gasteiger partial charge in [0.15, 0.2) is 26.4 Å². The first-order chi connectivity index (χ1) is 45.5. The molecule has 16 fully saturated rings. The van der Waals surface area contributed by atoms with Gasteiger partial charge in [-0.25, -0.2) is 19.2 Å². The molecule has 0 spiro atoms. The molecule has 16 rings (SSSR count). The molecule has 0 aliphatic heterocycles. The maximum atomic E-state index is 12.6. The Labute approximate surface area is 583 Å². The Morgan fingerprint density at radius 3 is 0.825 bits per heavy atom. The van der Waals surface area contributed by atoms with Gasteiger partial charge in [-0.3, -0.25) is 19.2 Å². The van der Waals surface area contributed by atoms with Gasteiger partial charge in [0.05, 0.1) is 21.7 Å². The molecule has 0 N–H and O–H groups in total. The van der Waals surface area contributed by atoms with Crippen LogP contribution in [0.5, 0.6) is 0 Å². The number of carbonyl (C=O) groups is 8. The Balaban J connectivity index is 0.000000152. The van der Waals surface area contributed by atoms with Crippen molar-refractivity contribution >= 4 is 47.8 Å². The van der Waals surface area contributed by atoms with Crippen LogP contribution in [0.15, 0.2) is 0 Å². The number of ether oxygens (including phenoxy) is 8. The standard InChI is InChI=1S/2C21H34O4.C20H32O4.C19H30O4/c1-6-20(4,5)19(23)24-12-18(22)25-21(13(2)3)16-8-14-7-15(10-16)11-17(21)9-14;1-5-7-21(16-9-14-8-15(11-16)12-17(21)10-14)25-18(22)13-24-19(23)20(3,4)6-2;1-5-19(3,4)18(22)23-12-17(21)24-20(6-2)15-8-13-7-14(10-15)11-16(20)9-13;1-5-18(2,3)17(21)22-11-16(20)23-19(4)14-7-12-6-13(9-14)10-15(19)8-12/h13-17H,6-12H2,1-5H3;14-17H,5-13H2,1-4H3;13-16H,5-12H2,1-4H3;12-15H,5-11H2,1-4H3. The fraction of sp³-hybridized carbons (Fsp3) is 0.901. The summed E-state index contributed by atoms with van der Waals surface area (Å²) in [5.74, 6) is 8.20. The number of hydrogen-bond acceptors (Lipinski definition) is 16. The van der Waals surface area contributed by atoms with Gasteiger partial charge in [-0.05, 0) is 330 Å². The van der Waals surface area contributed by atoms with Crippen molar-refractivity contribution in [2.45, 2.75) is 313 Å². The molecule has 0 unspecified atom stereocenters. The van der Waals surface area contributed by atoms with Crippen LogP contribution in [0, 0.1) is 122 Å². The largest absolute Gasteiger partial charge is 0.456 e. The Morgan fingerprint density at radius 2 is 0.567 bits per heavy atom. The topological polar surface area (TPSA) is 210 Å². The third kappa shape index (κ3) is 16.3. The quantitative estimate of drug-likeness (QED) is 0.0650. The first kappa shape index (κ1) is 76.9. The average Bonchev–Trinajstić information content (AvgIpc) is 0.744. The number of esters is 8. The molecule has 0 aromatic carbocycles. The smallest absolute Gasteiger partial charge is 0.344 e. The van der Waals surface area contributed by atoms with Gasteiger partial charge in [0, 0.05) is 0 Å². The second kappa shape index (κ2) is 30.4. The van der Waals surface area contributed by atoms with Crippen molar-refractivity contribution < 1.29 is 76.3 Å². The summed E-state index contributed by atoms with van der Waals surface area (Å²) in [6.07, 6.45) is 30.3. The summed E-state index contributed by atoms with van der Waals surface area (Å²) in [4.78, 5) is 98.1. The lowest BCUT2D eigenvalue weighted by Crippen LogP contribution is -2.62.